The minimum absolute atomic E-state index is 0.318. The molecule has 2 heterocycles. The Hall–Kier alpha value is -1.78. The van der Waals surface area contributed by atoms with Gasteiger partial charge < -0.3 is 14.9 Å². The minimum atomic E-state index is 0.318. The van der Waals surface area contributed by atoms with Crippen LogP contribution in [0.5, 0.6) is 0 Å². The molecule has 0 unspecified atom stereocenters. The SMILES string of the molecule is CCCn1cncc1-c1ncn(C(C)C)c1N. The van der Waals surface area contributed by atoms with Gasteiger partial charge >= 0.3 is 0 Å². The molecule has 0 amide bonds. The predicted molar refractivity (Wildman–Crippen MR) is 68.5 cm³/mol. The van der Waals surface area contributed by atoms with Crippen LogP contribution in [0.25, 0.3) is 11.4 Å². The number of aromatic nitrogens is 4. The number of rotatable bonds is 4. The molecule has 0 radical (unpaired) electrons. The zero-order valence-corrected chi connectivity index (χ0v) is 10.6. The highest BCUT2D eigenvalue weighted by molar-refractivity contribution is 5.67. The van der Waals surface area contributed by atoms with Crippen LogP contribution in [-0.2, 0) is 6.54 Å². The number of nitrogen functional groups attached to an aromatic ring is 1. The molecule has 0 aliphatic rings. The standard InChI is InChI=1S/C12H19N5/c1-4-5-16-7-14-6-10(16)11-12(13)17(8-15-11)9(2)3/h6-9H,4-5,13H2,1-3H3. The van der Waals surface area contributed by atoms with Gasteiger partial charge in [0.05, 0.1) is 24.5 Å². The number of hydrogen-bond acceptors (Lipinski definition) is 3. The summed E-state index contributed by atoms with van der Waals surface area (Å²) in [4.78, 5) is 8.57. The van der Waals surface area contributed by atoms with E-state index in [1.54, 1.807) is 6.33 Å². The molecule has 2 N–H and O–H groups in total. The lowest BCUT2D eigenvalue weighted by Crippen LogP contribution is -2.05. The molecule has 0 atom stereocenters. The predicted octanol–water partition coefficient (Wildman–Crippen LogP) is 2.32. The molecule has 0 aliphatic heterocycles. The molecule has 0 spiro atoms. The molecule has 0 aromatic carbocycles. The fraction of sp³-hybridized carbons (Fsp3) is 0.500. The molecule has 0 fully saturated rings. The van der Waals surface area contributed by atoms with Crippen molar-refractivity contribution in [3.8, 4) is 11.4 Å². The van der Waals surface area contributed by atoms with Crippen LogP contribution in [0.15, 0.2) is 18.9 Å². The molecule has 2 rings (SSSR count). The average molecular weight is 233 g/mol. The van der Waals surface area contributed by atoms with E-state index < -0.39 is 0 Å². The van der Waals surface area contributed by atoms with Gasteiger partial charge in [0, 0.05) is 12.6 Å². The quantitative estimate of drug-likeness (QED) is 0.881. The zero-order valence-electron chi connectivity index (χ0n) is 10.6. The van der Waals surface area contributed by atoms with Gasteiger partial charge in [-0.2, -0.15) is 0 Å². The lowest BCUT2D eigenvalue weighted by atomic mass is 10.3. The van der Waals surface area contributed by atoms with Crippen molar-refractivity contribution in [3.05, 3.63) is 18.9 Å². The first-order valence-electron chi connectivity index (χ1n) is 5.98. The maximum atomic E-state index is 6.12. The lowest BCUT2D eigenvalue weighted by molar-refractivity contribution is 0.607. The van der Waals surface area contributed by atoms with Gasteiger partial charge in [-0.15, -0.1) is 0 Å². The Morgan fingerprint density at radius 3 is 2.71 bits per heavy atom. The molecule has 0 saturated carbocycles. The van der Waals surface area contributed by atoms with Crippen molar-refractivity contribution in [2.24, 2.45) is 0 Å². The Balaban J connectivity index is 2.43. The van der Waals surface area contributed by atoms with E-state index in [9.17, 15) is 0 Å². The third kappa shape index (κ3) is 2.05. The van der Waals surface area contributed by atoms with Crippen LogP contribution in [-0.4, -0.2) is 19.1 Å². The van der Waals surface area contributed by atoms with Crippen molar-refractivity contribution in [2.45, 2.75) is 39.8 Å². The lowest BCUT2D eigenvalue weighted by Gasteiger charge is -2.09. The van der Waals surface area contributed by atoms with E-state index in [2.05, 4.69) is 35.3 Å². The summed E-state index contributed by atoms with van der Waals surface area (Å²) in [5, 5.41) is 0. The van der Waals surface area contributed by atoms with Crippen LogP contribution in [0, 0.1) is 0 Å². The Labute approximate surface area is 101 Å². The maximum Gasteiger partial charge on any atom is 0.133 e. The Kier molecular flexibility index (Phi) is 3.17. The van der Waals surface area contributed by atoms with Gasteiger partial charge in [-0.25, -0.2) is 9.97 Å². The molecule has 2 aromatic heterocycles. The van der Waals surface area contributed by atoms with Gasteiger partial charge in [0.25, 0.3) is 0 Å². The molecule has 2 aromatic rings. The first kappa shape index (κ1) is 11.7. The smallest absolute Gasteiger partial charge is 0.133 e. The van der Waals surface area contributed by atoms with E-state index in [1.165, 1.54) is 0 Å². The van der Waals surface area contributed by atoms with Crippen molar-refractivity contribution in [1.29, 1.82) is 0 Å². The number of imidazole rings is 2. The van der Waals surface area contributed by atoms with Crippen LogP contribution < -0.4 is 5.73 Å². The van der Waals surface area contributed by atoms with E-state index in [0.717, 1.165) is 24.4 Å². The third-order valence-corrected chi connectivity index (χ3v) is 2.81. The summed E-state index contributed by atoms with van der Waals surface area (Å²) in [5.74, 6) is 0.706. The zero-order chi connectivity index (χ0) is 12.4. The molecule has 17 heavy (non-hydrogen) atoms. The molecule has 92 valence electrons. The van der Waals surface area contributed by atoms with Crippen LogP contribution in [0.1, 0.15) is 33.2 Å². The minimum Gasteiger partial charge on any atom is -0.383 e. The van der Waals surface area contributed by atoms with Crippen LogP contribution >= 0.6 is 0 Å². The summed E-state index contributed by atoms with van der Waals surface area (Å²) in [7, 11) is 0. The highest BCUT2D eigenvalue weighted by Gasteiger charge is 2.14. The summed E-state index contributed by atoms with van der Waals surface area (Å²) in [6, 6.07) is 0.318. The summed E-state index contributed by atoms with van der Waals surface area (Å²) >= 11 is 0. The number of hydrogen-bond donors (Lipinski definition) is 1. The fourth-order valence-electron chi connectivity index (χ4n) is 1.92. The van der Waals surface area contributed by atoms with Crippen LogP contribution in [0.3, 0.4) is 0 Å². The Bertz CT molecular complexity index is 495. The third-order valence-electron chi connectivity index (χ3n) is 2.81. The molecule has 0 bridgehead atoms. The second kappa shape index (κ2) is 4.61. The molecular formula is C12H19N5. The summed E-state index contributed by atoms with van der Waals surface area (Å²) < 4.78 is 4.06. The molecule has 5 heteroatoms. The van der Waals surface area contributed by atoms with Crippen LogP contribution in [0.2, 0.25) is 0 Å². The maximum absolute atomic E-state index is 6.12. The van der Waals surface area contributed by atoms with Gasteiger partial charge in [-0.3, -0.25) is 0 Å². The second-order valence-corrected chi connectivity index (χ2v) is 4.45. The molecule has 0 saturated heterocycles. The number of anilines is 1. The number of nitrogens with zero attached hydrogens (tertiary/aromatic N) is 4. The van der Waals surface area contributed by atoms with E-state index in [4.69, 9.17) is 5.73 Å². The van der Waals surface area contributed by atoms with E-state index in [0.29, 0.717) is 11.9 Å². The highest BCUT2D eigenvalue weighted by atomic mass is 15.2. The van der Waals surface area contributed by atoms with E-state index in [-0.39, 0.29) is 0 Å². The first-order valence-corrected chi connectivity index (χ1v) is 5.98. The fourth-order valence-corrected chi connectivity index (χ4v) is 1.92. The van der Waals surface area contributed by atoms with E-state index >= 15 is 0 Å². The summed E-state index contributed by atoms with van der Waals surface area (Å²) in [6.45, 7) is 7.25. The van der Waals surface area contributed by atoms with Gasteiger partial charge in [0.15, 0.2) is 0 Å². The first-order chi connectivity index (χ1) is 8.15. The molecular weight excluding hydrogens is 214 g/mol. The molecule has 5 nitrogen and oxygen atoms in total. The number of nitrogens with two attached hydrogens (primary N) is 1. The Morgan fingerprint density at radius 2 is 2.12 bits per heavy atom. The van der Waals surface area contributed by atoms with Gasteiger partial charge in [-0.05, 0) is 20.3 Å². The van der Waals surface area contributed by atoms with Crippen molar-refractivity contribution in [1.82, 2.24) is 19.1 Å². The van der Waals surface area contributed by atoms with E-state index in [1.807, 2.05) is 17.1 Å². The Morgan fingerprint density at radius 1 is 1.35 bits per heavy atom. The van der Waals surface area contributed by atoms with Crippen molar-refractivity contribution in [3.63, 3.8) is 0 Å². The largest absolute Gasteiger partial charge is 0.383 e. The topological polar surface area (TPSA) is 61.7 Å². The van der Waals surface area contributed by atoms with Gasteiger partial charge in [0.1, 0.15) is 11.5 Å². The van der Waals surface area contributed by atoms with Crippen molar-refractivity contribution in [2.75, 3.05) is 5.73 Å². The van der Waals surface area contributed by atoms with Crippen LogP contribution in [0.4, 0.5) is 5.82 Å². The van der Waals surface area contributed by atoms with Gasteiger partial charge in [-0.1, -0.05) is 6.92 Å². The average Bonchev–Trinajstić information content (AvgIpc) is 2.85. The van der Waals surface area contributed by atoms with Gasteiger partial charge in [0.2, 0.25) is 0 Å². The highest BCUT2D eigenvalue weighted by Crippen LogP contribution is 2.26. The summed E-state index contributed by atoms with van der Waals surface area (Å²) in [5.41, 5.74) is 7.93. The van der Waals surface area contributed by atoms with Crippen molar-refractivity contribution >= 4 is 5.82 Å². The number of aryl methyl sites for hydroxylation is 1. The molecule has 0 aliphatic carbocycles. The second-order valence-electron chi connectivity index (χ2n) is 4.45. The monoisotopic (exact) mass is 233 g/mol. The summed E-state index contributed by atoms with van der Waals surface area (Å²) in [6.07, 6.45) is 6.50. The normalized spacial score (nSPS) is 11.3. The van der Waals surface area contributed by atoms with Crippen molar-refractivity contribution < 1.29 is 0 Å².